The third kappa shape index (κ3) is 3.26. The Hall–Kier alpha value is -0.470. The van der Waals surface area contributed by atoms with E-state index in [9.17, 15) is 0 Å². The molecule has 0 saturated carbocycles. The fourth-order valence-corrected chi connectivity index (χ4v) is 3.70. The molecule has 0 aliphatic carbocycles. The van der Waals surface area contributed by atoms with Crippen molar-refractivity contribution in [1.29, 1.82) is 0 Å². The smallest absolute Gasteiger partial charge is 0.0197 e. The Kier molecular flexibility index (Phi) is 4.73. The molecule has 1 N–H and O–H groups in total. The van der Waals surface area contributed by atoms with Crippen LogP contribution >= 0.6 is 11.8 Å². The monoisotopic (exact) mass is 235 g/mol. The molecule has 0 aromatic heterocycles. The molecule has 1 aromatic rings. The van der Waals surface area contributed by atoms with Gasteiger partial charge in [0.15, 0.2) is 0 Å². The first-order chi connectivity index (χ1) is 7.90. The zero-order chi connectivity index (χ0) is 11.2. The molecule has 0 radical (unpaired) electrons. The van der Waals surface area contributed by atoms with Gasteiger partial charge in [0.1, 0.15) is 0 Å². The molecule has 16 heavy (non-hydrogen) atoms. The van der Waals surface area contributed by atoms with E-state index in [1.807, 2.05) is 0 Å². The van der Waals surface area contributed by atoms with Gasteiger partial charge in [0.2, 0.25) is 0 Å². The SMILES string of the molecule is CCCNC1CSCC1Cc1ccccc1. The molecule has 0 amide bonds. The van der Waals surface area contributed by atoms with E-state index in [0.29, 0.717) is 0 Å². The normalized spacial score (nSPS) is 24.8. The van der Waals surface area contributed by atoms with Crippen LogP contribution in [0.4, 0.5) is 0 Å². The topological polar surface area (TPSA) is 12.0 Å². The van der Waals surface area contributed by atoms with E-state index in [0.717, 1.165) is 18.5 Å². The lowest BCUT2D eigenvalue weighted by Gasteiger charge is -2.20. The molecular formula is C14H21NS. The Balaban J connectivity index is 1.88. The molecule has 2 heteroatoms. The highest BCUT2D eigenvalue weighted by Crippen LogP contribution is 2.27. The lowest BCUT2D eigenvalue weighted by atomic mass is 9.95. The van der Waals surface area contributed by atoms with E-state index in [2.05, 4.69) is 54.3 Å². The van der Waals surface area contributed by atoms with Crippen LogP contribution in [-0.2, 0) is 6.42 Å². The third-order valence-corrected chi connectivity index (χ3v) is 4.45. The van der Waals surface area contributed by atoms with Crippen LogP contribution in [0.3, 0.4) is 0 Å². The fourth-order valence-electron chi connectivity index (χ4n) is 2.27. The minimum absolute atomic E-state index is 0.727. The lowest BCUT2D eigenvalue weighted by Crippen LogP contribution is -2.36. The zero-order valence-electron chi connectivity index (χ0n) is 9.99. The number of thioether (sulfide) groups is 1. The van der Waals surface area contributed by atoms with Gasteiger partial charge >= 0.3 is 0 Å². The minimum atomic E-state index is 0.727. The van der Waals surface area contributed by atoms with E-state index in [1.165, 1.54) is 29.9 Å². The van der Waals surface area contributed by atoms with Gasteiger partial charge in [-0.1, -0.05) is 37.3 Å². The van der Waals surface area contributed by atoms with Crippen LogP contribution in [0, 0.1) is 5.92 Å². The average molecular weight is 235 g/mol. The summed E-state index contributed by atoms with van der Waals surface area (Å²) < 4.78 is 0. The summed E-state index contributed by atoms with van der Waals surface area (Å²) in [6, 6.07) is 11.6. The standard InChI is InChI=1S/C14H21NS/c1-2-8-15-14-11-16-10-13(14)9-12-6-4-3-5-7-12/h3-7,13-15H,2,8-11H2,1H3. The Morgan fingerprint density at radius 2 is 2.06 bits per heavy atom. The van der Waals surface area contributed by atoms with Gasteiger partial charge < -0.3 is 5.32 Å². The van der Waals surface area contributed by atoms with E-state index < -0.39 is 0 Å². The molecule has 1 saturated heterocycles. The van der Waals surface area contributed by atoms with E-state index in [-0.39, 0.29) is 0 Å². The number of nitrogens with one attached hydrogen (secondary N) is 1. The van der Waals surface area contributed by atoms with Crippen molar-refractivity contribution in [3.05, 3.63) is 35.9 Å². The van der Waals surface area contributed by atoms with Gasteiger partial charge in [-0.15, -0.1) is 0 Å². The van der Waals surface area contributed by atoms with Crippen molar-refractivity contribution in [1.82, 2.24) is 5.32 Å². The second-order valence-electron chi connectivity index (χ2n) is 4.55. The van der Waals surface area contributed by atoms with Crippen molar-refractivity contribution in [2.75, 3.05) is 18.1 Å². The van der Waals surface area contributed by atoms with Gasteiger partial charge in [0.05, 0.1) is 0 Å². The van der Waals surface area contributed by atoms with Crippen LogP contribution in [0.25, 0.3) is 0 Å². The van der Waals surface area contributed by atoms with Crippen molar-refractivity contribution in [2.24, 2.45) is 5.92 Å². The van der Waals surface area contributed by atoms with Gasteiger partial charge in [-0.25, -0.2) is 0 Å². The van der Waals surface area contributed by atoms with Crippen molar-refractivity contribution >= 4 is 11.8 Å². The summed E-state index contributed by atoms with van der Waals surface area (Å²) in [5, 5.41) is 3.68. The summed E-state index contributed by atoms with van der Waals surface area (Å²) in [6.45, 7) is 3.40. The maximum atomic E-state index is 3.68. The second-order valence-corrected chi connectivity index (χ2v) is 5.62. The Bertz CT molecular complexity index is 299. The van der Waals surface area contributed by atoms with Crippen LogP contribution in [0.5, 0.6) is 0 Å². The second kappa shape index (κ2) is 6.31. The first kappa shape index (κ1) is 12.0. The van der Waals surface area contributed by atoms with E-state index >= 15 is 0 Å². The zero-order valence-corrected chi connectivity index (χ0v) is 10.8. The Morgan fingerprint density at radius 1 is 1.25 bits per heavy atom. The van der Waals surface area contributed by atoms with Crippen LogP contribution in [0.15, 0.2) is 30.3 Å². The fraction of sp³-hybridized carbons (Fsp3) is 0.571. The summed E-state index contributed by atoms with van der Waals surface area (Å²) in [7, 11) is 0. The number of hydrogen-bond donors (Lipinski definition) is 1. The molecular weight excluding hydrogens is 214 g/mol. The van der Waals surface area contributed by atoms with Gasteiger partial charge in [0.25, 0.3) is 0 Å². The van der Waals surface area contributed by atoms with Crippen LogP contribution in [0.2, 0.25) is 0 Å². The molecule has 1 aliphatic rings. The molecule has 0 spiro atoms. The number of benzene rings is 1. The summed E-state index contributed by atoms with van der Waals surface area (Å²) >= 11 is 2.10. The lowest BCUT2D eigenvalue weighted by molar-refractivity contribution is 0.425. The summed E-state index contributed by atoms with van der Waals surface area (Å²) in [6.07, 6.45) is 2.47. The van der Waals surface area contributed by atoms with Crippen LogP contribution in [-0.4, -0.2) is 24.1 Å². The highest BCUT2D eigenvalue weighted by Gasteiger charge is 2.26. The summed E-state index contributed by atoms with van der Waals surface area (Å²) in [5.74, 6) is 3.42. The van der Waals surface area contributed by atoms with Crippen molar-refractivity contribution in [3.8, 4) is 0 Å². The van der Waals surface area contributed by atoms with Gasteiger partial charge in [0, 0.05) is 11.8 Å². The molecule has 2 unspecified atom stereocenters. The third-order valence-electron chi connectivity index (χ3n) is 3.20. The van der Waals surface area contributed by atoms with Gasteiger partial charge in [-0.05, 0) is 36.6 Å². The van der Waals surface area contributed by atoms with Gasteiger partial charge in [-0.2, -0.15) is 11.8 Å². The maximum absolute atomic E-state index is 3.68. The number of hydrogen-bond acceptors (Lipinski definition) is 2. The Labute approximate surface area is 103 Å². The molecule has 1 heterocycles. The minimum Gasteiger partial charge on any atom is -0.313 e. The van der Waals surface area contributed by atoms with Crippen LogP contribution < -0.4 is 5.32 Å². The highest BCUT2D eigenvalue weighted by molar-refractivity contribution is 7.99. The number of rotatable bonds is 5. The molecule has 1 aromatic carbocycles. The molecule has 2 atom stereocenters. The van der Waals surface area contributed by atoms with Crippen molar-refractivity contribution < 1.29 is 0 Å². The molecule has 2 rings (SSSR count). The van der Waals surface area contributed by atoms with Crippen molar-refractivity contribution in [2.45, 2.75) is 25.8 Å². The molecule has 1 nitrogen and oxygen atoms in total. The van der Waals surface area contributed by atoms with Crippen LogP contribution in [0.1, 0.15) is 18.9 Å². The first-order valence-electron chi connectivity index (χ1n) is 6.25. The predicted octanol–water partition coefficient (Wildman–Crippen LogP) is 2.96. The van der Waals surface area contributed by atoms with E-state index in [1.54, 1.807) is 0 Å². The molecule has 1 aliphatic heterocycles. The predicted molar refractivity (Wildman–Crippen MR) is 73.0 cm³/mol. The van der Waals surface area contributed by atoms with Gasteiger partial charge in [-0.3, -0.25) is 0 Å². The summed E-state index contributed by atoms with van der Waals surface area (Å²) in [4.78, 5) is 0. The highest BCUT2D eigenvalue weighted by atomic mass is 32.2. The largest absolute Gasteiger partial charge is 0.313 e. The summed E-state index contributed by atoms with van der Waals surface area (Å²) in [5.41, 5.74) is 1.48. The molecule has 0 bridgehead atoms. The van der Waals surface area contributed by atoms with Crippen molar-refractivity contribution in [3.63, 3.8) is 0 Å². The van der Waals surface area contributed by atoms with E-state index in [4.69, 9.17) is 0 Å². The maximum Gasteiger partial charge on any atom is 0.0197 e. The quantitative estimate of drug-likeness (QED) is 0.842. The molecule has 88 valence electrons. The molecule has 1 fully saturated rings. The Morgan fingerprint density at radius 3 is 2.81 bits per heavy atom. The first-order valence-corrected chi connectivity index (χ1v) is 7.40. The average Bonchev–Trinajstić information content (AvgIpc) is 2.75.